The van der Waals surface area contributed by atoms with Gasteiger partial charge in [0.2, 0.25) is 10.0 Å². The molecule has 0 spiro atoms. The first-order valence-electron chi connectivity index (χ1n) is 6.20. The molecule has 1 rings (SSSR count). The van der Waals surface area contributed by atoms with Crippen LogP contribution in [0.2, 0.25) is 0 Å². The second kappa shape index (κ2) is 7.59. The molecule has 0 unspecified atom stereocenters. The molecule has 0 aliphatic carbocycles. The van der Waals surface area contributed by atoms with E-state index in [0.29, 0.717) is 29.4 Å². The first kappa shape index (κ1) is 16.9. The molecule has 4 nitrogen and oxygen atoms in total. The minimum atomic E-state index is -3.43. The van der Waals surface area contributed by atoms with Crippen molar-refractivity contribution in [3.63, 3.8) is 0 Å². The molecule has 1 aromatic heterocycles. The lowest BCUT2D eigenvalue weighted by Crippen LogP contribution is -2.37. The molecule has 0 N–H and O–H groups in total. The minimum Gasteiger partial charge on any atom is -0.308 e. The molecule has 1 heterocycles. The highest BCUT2D eigenvalue weighted by Crippen LogP contribution is 2.26. The van der Waals surface area contributed by atoms with Crippen LogP contribution in [0.15, 0.2) is 16.3 Å². The van der Waals surface area contributed by atoms with Gasteiger partial charge >= 0.3 is 0 Å². The average Bonchev–Trinajstić information content (AvgIpc) is 2.82. The van der Waals surface area contributed by atoms with E-state index >= 15 is 0 Å². The Labute approximate surface area is 125 Å². The normalized spacial score (nSPS) is 12.5. The molecule has 0 aromatic carbocycles. The number of hydrogen-bond donors (Lipinski definition) is 0. The number of hydrogen-bond acceptors (Lipinski definition) is 4. The highest BCUT2D eigenvalue weighted by molar-refractivity contribution is 7.89. The maximum Gasteiger partial charge on any atom is 0.244 e. The molecular formula is C12H21ClN2O2S2. The van der Waals surface area contributed by atoms with Gasteiger partial charge in [0.15, 0.2) is 0 Å². The van der Waals surface area contributed by atoms with Crippen molar-refractivity contribution in [1.29, 1.82) is 0 Å². The molecule has 0 aliphatic rings. The van der Waals surface area contributed by atoms with Gasteiger partial charge in [-0.15, -0.1) is 22.9 Å². The number of halogens is 1. The predicted octanol–water partition coefficient (Wildman–Crippen LogP) is 2.45. The van der Waals surface area contributed by atoms with E-state index in [9.17, 15) is 8.42 Å². The van der Waals surface area contributed by atoms with Crippen LogP contribution in [0.5, 0.6) is 0 Å². The summed E-state index contributed by atoms with van der Waals surface area (Å²) < 4.78 is 26.8. The van der Waals surface area contributed by atoms with Crippen LogP contribution in [0.4, 0.5) is 0 Å². The Morgan fingerprint density at radius 1 is 1.26 bits per heavy atom. The third-order valence-electron chi connectivity index (χ3n) is 2.71. The number of nitrogens with zero attached hydrogens (tertiary/aromatic N) is 2. The van der Waals surface area contributed by atoms with Crippen LogP contribution in [0.3, 0.4) is 0 Å². The highest BCUT2D eigenvalue weighted by Gasteiger charge is 2.26. The highest BCUT2D eigenvalue weighted by atomic mass is 35.5. The monoisotopic (exact) mass is 324 g/mol. The van der Waals surface area contributed by atoms with E-state index in [1.165, 1.54) is 11.3 Å². The van der Waals surface area contributed by atoms with Crippen molar-refractivity contribution in [3.05, 3.63) is 16.3 Å². The zero-order chi connectivity index (χ0) is 14.5. The lowest BCUT2D eigenvalue weighted by Gasteiger charge is -2.23. The van der Waals surface area contributed by atoms with Gasteiger partial charge in [-0.25, -0.2) is 8.42 Å². The van der Waals surface area contributed by atoms with Crippen LogP contribution in [0.25, 0.3) is 0 Å². The zero-order valence-corrected chi connectivity index (χ0v) is 14.0. The molecule has 0 fully saturated rings. The lowest BCUT2D eigenvalue weighted by molar-refractivity contribution is 0.333. The summed E-state index contributed by atoms with van der Waals surface area (Å²) >= 11 is 7.20. The second-order valence-corrected chi connectivity index (χ2v) is 7.72. The van der Waals surface area contributed by atoms with Gasteiger partial charge in [0, 0.05) is 24.5 Å². The molecule has 0 aliphatic heterocycles. The Kier molecular flexibility index (Phi) is 6.76. The summed E-state index contributed by atoms with van der Waals surface area (Å²) in [6.07, 6.45) is 0.799. The van der Waals surface area contributed by atoms with Crippen LogP contribution < -0.4 is 0 Å². The molecular weight excluding hydrogens is 304 g/mol. The fourth-order valence-electron chi connectivity index (χ4n) is 1.71. The number of likely N-dealkylation sites (N-methyl/N-ethyl adjacent to an activating group) is 1. The van der Waals surface area contributed by atoms with E-state index in [0.717, 1.165) is 6.42 Å². The third kappa shape index (κ3) is 4.43. The molecule has 0 atom stereocenters. The molecule has 0 radical (unpaired) electrons. The van der Waals surface area contributed by atoms with Gasteiger partial charge < -0.3 is 4.90 Å². The molecule has 0 amide bonds. The predicted molar refractivity (Wildman–Crippen MR) is 81.5 cm³/mol. The van der Waals surface area contributed by atoms with E-state index in [2.05, 4.69) is 0 Å². The molecule has 7 heteroatoms. The standard InChI is InChI=1S/C12H21ClN2O2S2/c1-4-6-15(8-7-14(2)3)19(16,17)12-5-9-18-11(12)10-13/h5,9H,4,6-8,10H2,1-3H3. The molecule has 0 bridgehead atoms. The van der Waals surface area contributed by atoms with Crippen LogP contribution >= 0.6 is 22.9 Å². The summed E-state index contributed by atoms with van der Waals surface area (Å²) in [5.74, 6) is 0.236. The van der Waals surface area contributed by atoms with Gasteiger partial charge in [-0.2, -0.15) is 4.31 Å². The number of sulfonamides is 1. The Morgan fingerprint density at radius 2 is 1.95 bits per heavy atom. The van der Waals surface area contributed by atoms with Gasteiger partial charge in [0.25, 0.3) is 0 Å². The molecule has 0 saturated heterocycles. The van der Waals surface area contributed by atoms with Crippen molar-refractivity contribution >= 4 is 33.0 Å². The van der Waals surface area contributed by atoms with Gasteiger partial charge in [0.1, 0.15) is 0 Å². The van der Waals surface area contributed by atoms with Crippen molar-refractivity contribution in [1.82, 2.24) is 9.21 Å². The van der Waals surface area contributed by atoms with Gasteiger partial charge in [0.05, 0.1) is 10.8 Å². The van der Waals surface area contributed by atoms with E-state index < -0.39 is 10.0 Å². The van der Waals surface area contributed by atoms with Crippen molar-refractivity contribution < 1.29 is 8.42 Å². The summed E-state index contributed by atoms with van der Waals surface area (Å²) in [7, 11) is 0.446. The van der Waals surface area contributed by atoms with E-state index in [1.807, 2.05) is 25.9 Å². The largest absolute Gasteiger partial charge is 0.308 e. The van der Waals surface area contributed by atoms with Crippen LogP contribution in [0, 0.1) is 0 Å². The summed E-state index contributed by atoms with van der Waals surface area (Å²) in [6.45, 7) is 3.72. The first-order chi connectivity index (χ1) is 8.93. The molecule has 1 aromatic rings. The van der Waals surface area contributed by atoms with E-state index in [1.54, 1.807) is 15.8 Å². The summed E-state index contributed by atoms with van der Waals surface area (Å²) in [5.41, 5.74) is 0. The van der Waals surface area contributed by atoms with Crippen LogP contribution in [-0.2, 0) is 15.9 Å². The number of rotatable bonds is 8. The zero-order valence-electron chi connectivity index (χ0n) is 11.6. The second-order valence-electron chi connectivity index (χ2n) is 4.55. The summed E-state index contributed by atoms with van der Waals surface area (Å²) in [4.78, 5) is 3.06. The summed E-state index contributed by atoms with van der Waals surface area (Å²) in [6, 6.07) is 1.65. The Morgan fingerprint density at radius 3 is 2.47 bits per heavy atom. The Balaban J connectivity index is 2.99. The van der Waals surface area contributed by atoms with Crippen molar-refractivity contribution in [2.45, 2.75) is 24.1 Å². The van der Waals surface area contributed by atoms with E-state index in [4.69, 9.17) is 11.6 Å². The number of alkyl halides is 1. The molecule has 19 heavy (non-hydrogen) atoms. The quantitative estimate of drug-likeness (QED) is 0.690. The topological polar surface area (TPSA) is 40.6 Å². The van der Waals surface area contributed by atoms with E-state index in [-0.39, 0.29) is 5.88 Å². The fraction of sp³-hybridized carbons (Fsp3) is 0.667. The smallest absolute Gasteiger partial charge is 0.244 e. The van der Waals surface area contributed by atoms with Gasteiger partial charge in [-0.05, 0) is 32.0 Å². The van der Waals surface area contributed by atoms with Gasteiger partial charge in [-0.3, -0.25) is 0 Å². The lowest BCUT2D eigenvalue weighted by atomic mass is 10.4. The maximum absolute atomic E-state index is 12.6. The maximum atomic E-state index is 12.6. The summed E-state index contributed by atoms with van der Waals surface area (Å²) in [5, 5.41) is 1.78. The van der Waals surface area contributed by atoms with Crippen LogP contribution in [0.1, 0.15) is 18.2 Å². The minimum absolute atomic E-state index is 0.236. The third-order valence-corrected chi connectivity index (χ3v) is 6.17. The van der Waals surface area contributed by atoms with Gasteiger partial charge in [-0.1, -0.05) is 6.92 Å². The van der Waals surface area contributed by atoms with Crippen molar-refractivity contribution in [2.75, 3.05) is 33.7 Å². The SMILES string of the molecule is CCCN(CCN(C)C)S(=O)(=O)c1ccsc1CCl. The molecule has 0 saturated carbocycles. The van der Waals surface area contributed by atoms with Crippen molar-refractivity contribution in [2.24, 2.45) is 0 Å². The first-order valence-corrected chi connectivity index (χ1v) is 9.06. The Bertz CT molecular complexity index is 486. The average molecular weight is 325 g/mol. The Hall–Kier alpha value is -0.140. The molecule has 110 valence electrons. The number of thiophene rings is 1. The fourth-order valence-corrected chi connectivity index (χ4v) is 4.91. The van der Waals surface area contributed by atoms with Crippen LogP contribution in [-0.4, -0.2) is 51.4 Å². The van der Waals surface area contributed by atoms with Crippen molar-refractivity contribution in [3.8, 4) is 0 Å².